The Morgan fingerprint density at radius 2 is 1.47 bits per heavy atom. The lowest BCUT2D eigenvalue weighted by atomic mass is 10.0. The van der Waals surface area contributed by atoms with Gasteiger partial charge in [-0.25, -0.2) is 13.2 Å². The summed E-state index contributed by atoms with van der Waals surface area (Å²) >= 11 is 0. The average molecular weight is 417 g/mol. The molecular weight excluding hydrogens is 398 g/mol. The van der Waals surface area contributed by atoms with Crippen molar-refractivity contribution in [1.29, 1.82) is 0 Å². The van der Waals surface area contributed by atoms with Gasteiger partial charge in [-0.15, -0.1) is 0 Å². The number of sulfonamides is 1. The fourth-order valence-corrected chi connectivity index (χ4v) is 4.40. The van der Waals surface area contributed by atoms with Gasteiger partial charge >= 0.3 is 5.97 Å². The summed E-state index contributed by atoms with van der Waals surface area (Å²) in [5.41, 5.74) is 2.86. The Morgan fingerprint density at radius 1 is 0.800 bits per heavy atom. The van der Waals surface area contributed by atoms with Crippen LogP contribution in [0, 0.1) is 6.92 Å². The number of carbonyl (C=O) groups is 1. The zero-order valence-electron chi connectivity index (χ0n) is 16.2. The number of aromatic carboxylic acids is 1. The van der Waals surface area contributed by atoms with E-state index >= 15 is 0 Å². The van der Waals surface area contributed by atoms with Crippen LogP contribution in [0.1, 0.15) is 15.9 Å². The van der Waals surface area contributed by atoms with E-state index in [4.69, 9.17) is 0 Å². The minimum atomic E-state index is -3.91. The van der Waals surface area contributed by atoms with Crippen molar-refractivity contribution in [3.8, 4) is 11.1 Å². The summed E-state index contributed by atoms with van der Waals surface area (Å²) in [5.74, 6) is -1.16. The maximum Gasteiger partial charge on any atom is 0.335 e. The average Bonchev–Trinajstić information content (AvgIpc) is 2.73. The van der Waals surface area contributed by atoms with Crippen LogP contribution in [0.3, 0.4) is 0 Å². The number of nitrogens with one attached hydrogen (secondary N) is 1. The lowest BCUT2D eigenvalue weighted by Gasteiger charge is -2.11. The van der Waals surface area contributed by atoms with Crippen molar-refractivity contribution < 1.29 is 18.3 Å². The Bertz CT molecular complexity index is 1360. The number of hydrogen-bond donors (Lipinski definition) is 2. The van der Waals surface area contributed by atoms with Gasteiger partial charge in [0.25, 0.3) is 10.0 Å². The number of carboxylic acid groups (broad SMARTS) is 1. The van der Waals surface area contributed by atoms with Crippen LogP contribution in [-0.2, 0) is 10.0 Å². The molecule has 0 radical (unpaired) electrons. The van der Waals surface area contributed by atoms with Gasteiger partial charge in [-0.2, -0.15) is 0 Å². The summed E-state index contributed by atoms with van der Waals surface area (Å²) in [6.45, 7) is 1.62. The lowest BCUT2D eigenvalue weighted by molar-refractivity contribution is 0.0696. The van der Waals surface area contributed by atoms with Gasteiger partial charge in [0.1, 0.15) is 0 Å². The minimum Gasteiger partial charge on any atom is -0.478 e. The molecule has 0 aromatic heterocycles. The molecule has 0 heterocycles. The summed E-state index contributed by atoms with van der Waals surface area (Å²) in [7, 11) is -3.91. The van der Waals surface area contributed by atoms with Crippen LogP contribution in [0.25, 0.3) is 21.9 Å². The molecule has 0 aliphatic heterocycles. The fourth-order valence-electron chi connectivity index (χ4n) is 3.31. The van der Waals surface area contributed by atoms with Crippen molar-refractivity contribution in [2.75, 3.05) is 4.72 Å². The van der Waals surface area contributed by atoms with Gasteiger partial charge in [-0.3, -0.25) is 4.72 Å². The number of rotatable bonds is 5. The molecule has 0 fully saturated rings. The number of aryl methyl sites for hydroxylation is 1. The predicted octanol–water partition coefficient (Wildman–Crippen LogP) is 5.31. The summed E-state index contributed by atoms with van der Waals surface area (Å²) in [6, 6.07) is 25.4. The Kier molecular flexibility index (Phi) is 5.01. The first-order valence-electron chi connectivity index (χ1n) is 9.29. The third-order valence-corrected chi connectivity index (χ3v) is 6.35. The van der Waals surface area contributed by atoms with E-state index in [1.54, 1.807) is 19.1 Å². The number of anilines is 1. The smallest absolute Gasteiger partial charge is 0.335 e. The van der Waals surface area contributed by atoms with E-state index < -0.39 is 16.0 Å². The zero-order chi connectivity index (χ0) is 21.3. The van der Waals surface area contributed by atoms with Crippen molar-refractivity contribution in [2.24, 2.45) is 0 Å². The molecular formula is C24H19NO4S. The number of carboxylic acids is 1. The van der Waals surface area contributed by atoms with E-state index in [0.29, 0.717) is 11.3 Å². The maximum atomic E-state index is 12.7. The second-order valence-electron chi connectivity index (χ2n) is 7.03. The molecule has 5 nitrogen and oxygen atoms in total. The molecule has 0 saturated carbocycles. The Hall–Kier alpha value is -3.64. The minimum absolute atomic E-state index is 0.0375. The van der Waals surface area contributed by atoms with Gasteiger partial charge in [0, 0.05) is 5.69 Å². The monoisotopic (exact) mass is 417 g/mol. The summed E-state index contributed by atoms with van der Waals surface area (Å²) < 4.78 is 27.9. The third kappa shape index (κ3) is 3.90. The van der Waals surface area contributed by atoms with Crippen LogP contribution in [0.15, 0.2) is 89.8 Å². The quantitative estimate of drug-likeness (QED) is 0.461. The largest absolute Gasteiger partial charge is 0.478 e. The maximum absolute atomic E-state index is 12.7. The topological polar surface area (TPSA) is 83.5 Å². The van der Waals surface area contributed by atoms with Gasteiger partial charge in [0.15, 0.2) is 0 Å². The molecule has 150 valence electrons. The van der Waals surface area contributed by atoms with Crippen LogP contribution in [-0.4, -0.2) is 19.5 Å². The molecule has 0 aliphatic carbocycles. The summed E-state index contributed by atoms with van der Waals surface area (Å²) in [4.78, 5) is 11.2. The van der Waals surface area contributed by atoms with Crippen LogP contribution < -0.4 is 4.72 Å². The first kappa shape index (κ1) is 19.7. The summed E-state index contributed by atoms with van der Waals surface area (Å²) in [5, 5.41) is 11.5. The summed E-state index contributed by atoms with van der Waals surface area (Å²) in [6.07, 6.45) is 0. The second-order valence-corrected chi connectivity index (χ2v) is 8.71. The highest BCUT2D eigenvalue weighted by molar-refractivity contribution is 7.92. The molecule has 4 rings (SSSR count). The molecule has 0 atom stereocenters. The molecule has 4 aromatic rings. The van der Waals surface area contributed by atoms with E-state index in [9.17, 15) is 18.3 Å². The standard InChI is InChI=1S/C24H19NO4S/c1-16-6-13-22(15-23(16)24(26)27)30(28,29)25-21-11-9-18(10-12-21)20-8-7-17-4-2-3-5-19(17)14-20/h2-15,25H,1H3,(H,26,27). The van der Waals surface area contributed by atoms with E-state index in [1.807, 2.05) is 36.4 Å². The highest BCUT2D eigenvalue weighted by Gasteiger charge is 2.18. The van der Waals surface area contributed by atoms with Gasteiger partial charge in [0.2, 0.25) is 0 Å². The molecule has 0 amide bonds. The highest BCUT2D eigenvalue weighted by atomic mass is 32.2. The van der Waals surface area contributed by atoms with E-state index in [2.05, 4.69) is 22.9 Å². The Morgan fingerprint density at radius 3 is 2.17 bits per heavy atom. The first-order chi connectivity index (χ1) is 14.3. The van der Waals surface area contributed by atoms with Crippen molar-refractivity contribution in [3.63, 3.8) is 0 Å². The fraction of sp³-hybridized carbons (Fsp3) is 0.0417. The SMILES string of the molecule is Cc1ccc(S(=O)(=O)Nc2ccc(-c3ccc4ccccc4c3)cc2)cc1C(=O)O. The van der Waals surface area contributed by atoms with Gasteiger partial charge in [-0.1, -0.05) is 54.6 Å². The molecule has 4 aromatic carbocycles. The highest BCUT2D eigenvalue weighted by Crippen LogP contribution is 2.26. The van der Waals surface area contributed by atoms with Gasteiger partial charge in [-0.05, 0) is 64.7 Å². The second kappa shape index (κ2) is 7.65. The molecule has 0 saturated heterocycles. The van der Waals surface area contributed by atoms with Crippen LogP contribution in [0.4, 0.5) is 5.69 Å². The number of fused-ring (bicyclic) bond motifs is 1. The normalized spacial score (nSPS) is 11.4. The molecule has 0 unspecified atom stereocenters. The molecule has 2 N–H and O–H groups in total. The Labute approximate surface area is 174 Å². The zero-order valence-corrected chi connectivity index (χ0v) is 17.0. The van der Waals surface area contributed by atoms with Crippen LogP contribution in [0.5, 0.6) is 0 Å². The number of benzene rings is 4. The van der Waals surface area contributed by atoms with E-state index in [0.717, 1.165) is 21.9 Å². The van der Waals surface area contributed by atoms with Gasteiger partial charge in [0.05, 0.1) is 10.5 Å². The molecule has 30 heavy (non-hydrogen) atoms. The van der Waals surface area contributed by atoms with Crippen molar-refractivity contribution in [3.05, 3.63) is 96.1 Å². The molecule has 6 heteroatoms. The van der Waals surface area contributed by atoms with E-state index in [-0.39, 0.29) is 10.5 Å². The number of hydrogen-bond acceptors (Lipinski definition) is 3. The molecule has 0 bridgehead atoms. The Balaban J connectivity index is 1.59. The van der Waals surface area contributed by atoms with Crippen LogP contribution >= 0.6 is 0 Å². The van der Waals surface area contributed by atoms with Crippen molar-refractivity contribution >= 4 is 32.5 Å². The first-order valence-corrected chi connectivity index (χ1v) is 10.8. The molecule has 0 spiro atoms. The lowest BCUT2D eigenvalue weighted by Crippen LogP contribution is -2.14. The van der Waals surface area contributed by atoms with Crippen LogP contribution in [0.2, 0.25) is 0 Å². The molecule has 0 aliphatic rings. The predicted molar refractivity (Wildman–Crippen MR) is 118 cm³/mol. The van der Waals surface area contributed by atoms with Gasteiger partial charge < -0.3 is 5.11 Å². The van der Waals surface area contributed by atoms with E-state index in [1.165, 1.54) is 18.2 Å². The van der Waals surface area contributed by atoms with Crippen molar-refractivity contribution in [2.45, 2.75) is 11.8 Å². The van der Waals surface area contributed by atoms with Crippen molar-refractivity contribution in [1.82, 2.24) is 0 Å². The third-order valence-electron chi connectivity index (χ3n) is 4.97.